The van der Waals surface area contributed by atoms with Crippen molar-refractivity contribution < 1.29 is 4.39 Å². The minimum atomic E-state index is -0.234. The second-order valence-corrected chi connectivity index (χ2v) is 5.05. The summed E-state index contributed by atoms with van der Waals surface area (Å²) >= 11 is 1.61. The van der Waals surface area contributed by atoms with Crippen LogP contribution < -0.4 is 5.73 Å². The summed E-state index contributed by atoms with van der Waals surface area (Å²) in [5.41, 5.74) is 9.43. The Balaban J connectivity index is 1.87. The topological polar surface area (TPSA) is 43.8 Å². The molecule has 19 heavy (non-hydrogen) atoms. The standard InChI is InChI=1S/C14H12FN3S/c15-12-3-1-10(2-4-12)7-18-8-13(16)14(17-18)11-5-6-19-9-11/h1-6,8-9H,7,16H2. The summed E-state index contributed by atoms with van der Waals surface area (Å²) in [4.78, 5) is 0. The van der Waals surface area contributed by atoms with Gasteiger partial charge in [-0.25, -0.2) is 4.39 Å². The highest BCUT2D eigenvalue weighted by atomic mass is 32.1. The SMILES string of the molecule is Nc1cn(Cc2ccc(F)cc2)nc1-c1ccsc1. The number of aromatic nitrogens is 2. The van der Waals surface area contributed by atoms with E-state index in [9.17, 15) is 4.39 Å². The van der Waals surface area contributed by atoms with E-state index >= 15 is 0 Å². The number of rotatable bonds is 3. The molecule has 0 aliphatic heterocycles. The van der Waals surface area contributed by atoms with Crippen molar-refractivity contribution in [1.29, 1.82) is 0 Å². The van der Waals surface area contributed by atoms with Crippen molar-refractivity contribution >= 4 is 17.0 Å². The average molecular weight is 273 g/mol. The zero-order valence-corrected chi connectivity index (χ0v) is 10.9. The van der Waals surface area contributed by atoms with Gasteiger partial charge < -0.3 is 5.73 Å². The van der Waals surface area contributed by atoms with E-state index in [1.807, 2.05) is 16.8 Å². The second-order valence-electron chi connectivity index (χ2n) is 4.27. The fourth-order valence-electron chi connectivity index (χ4n) is 1.92. The Morgan fingerprint density at radius 2 is 2.00 bits per heavy atom. The summed E-state index contributed by atoms with van der Waals surface area (Å²) in [5, 5.41) is 8.48. The molecule has 3 aromatic rings. The number of benzene rings is 1. The van der Waals surface area contributed by atoms with E-state index in [0.717, 1.165) is 16.8 Å². The van der Waals surface area contributed by atoms with Crippen LogP contribution in [0.25, 0.3) is 11.3 Å². The van der Waals surface area contributed by atoms with Crippen LogP contribution in [0.2, 0.25) is 0 Å². The zero-order valence-electron chi connectivity index (χ0n) is 10.1. The lowest BCUT2D eigenvalue weighted by molar-refractivity contribution is 0.624. The number of nitrogen functional groups attached to an aromatic ring is 1. The summed E-state index contributed by atoms with van der Waals surface area (Å²) in [7, 11) is 0. The van der Waals surface area contributed by atoms with Gasteiger partial charge in [0.2, 0.25) is 0 Å². The van der Waals surface area contributed by atoms with Crippen molar-refractivity contribution in [1.82, 2.24) is 9.78 Å². The molecule has 0 amide bonds. The van der Waals surface area contributed by atoms with Crippen LogP contribution in [-0.2, 0) is 6.54 Å². The summed E-state index contributed by atoms with van der Waals surface area (Å²) in [6, 6.07) is 8.38. The number of anilines is 1. The number of halogens is 1. The molecule has 2 N–H and O–H groups in total. The molecule has 3 rings (SSSR count). The Labute approximate surface area is 114 Å². The first-order chi connectivity index (χ1) is 9.22. The minimum absolute atomic E-state index is 0.234. The van der Waals surface area contributed by atoms with Crippen LogP contribution in [0.1, 0.15) is 5.56 Å². The Kier molecular flexibility index (Phi) is 3.05. The number of hydrogen-bond donors (Lipinski definition) is 1. The highest BCUT2D eigenvalue weighted by Gasteiger charge is 2.09. The van der Waals surface area contributed by atoms with Gasteiger partial charge >= 0.3 is 0 Å². The first-order valence-corrected chi connectivity index (χ1v) is 6.76. The molecule has 1 aromatic carbocycles. The minimum Gasteiger partial charge on any atom is -0.396 e. The van der Waals surface area contributed by atoms with E-state index in [-0.39, 0.29) is 5.82 Å². The molecule has 0 aliphatic rings. The van der Waals surface area contributed by atoms with Gasteiger partial charge in [-0.3, -0.25) is 4.68 Å². The summed E-state index contributed by atoms with van der Waals surface area (Å²) in [5.74, 6) is -0.234. The van der Waals surface area contributed by atoms with Crippen LogP contribution in [0.5, 0.6) is 0 Å². The molecule has 0 spiro atoms. The lowest BCUT2D eigenvalue weighted by atomic mass is 10.2. The Morgan fingerprint density at radius 1 is 1.21 bits per heavy atom. The van der Waals surface area contributed by atoms with Crippen LogP contribution in [0.3, 0.4) is 0 Å². The zero-order chi connectivity index (χ0) is 13.2. The molecule has 2 aromatic heterocycles. The van der Waals surface area contributed by atoms with Gasteiger partial charge in [0.05, 0.1) is 12.2 Å². The first kappa shape index (κ1) is 11.9. The molecule has 96 valence electrons. The van der Waals surface area contributed by atoms with Crippen molar-refractivity contribution in [2.24, 2.45) is 0 Å². The van der Waals surface area contributed by atoms with E-state index in [1.54, 1.807) is 34.3 Å². The van der Waals surface area contributed by atoms with Crippen molar-refractivity contribution in [3.8, 4) is 11.3 Å². The smallest absolute Gasteiger partial charge is 0.123 e. The monoisotopic (exact) mass is 273 g/mol. The summed E-state index contributed by atoms with van der Waals surface area (Å²) in [6.07, 6.45) is 1.80. The molecule has 0 saturated carbocycles. The van der Waals surface area contributed by atoms with Gasteiger partial charge in [-0.15, -0.1) is 0 Å². The molecule has 0 aliphatic carbocycles. The maximum atomic E-state index is 12.8. The van der Waals surface area contributed by atoms with E-state index in [4.69, 9.17) is 5.73 Å². The van der Waals surface area contributed by atoms with E-state index in [2.05, 4.69) is 5.10 Å². The molecule has 2 heterocycles. The quantitative estimate of drug-likeness (QED) is 0.795. The molecule has 5 heteroatoms. The van der Waals surface area contributed by atoms with Gasteiger partial charge in [-0.1, -0.05) is 12.1 Å². The molecule has 0 fully saturated rings. The van der Waals surface area contributed by atoms with Crippen molar-refractivity contribution in [2.45, 2.75) is 6.54 Å². The number of hydrogen-bond acceptors (Lipinski definition) is 3. The Morgan fingerprint density at radius 3 is 2.68 bits per heavy atom. The second kappa shape index (κ2) is 4.85. The number of nitrogens with two attached hydrogens (primary N) is 1. The maximum absolute atomic E-state index is 12.8. The van der Waals surface area contributed by atoms with Gasteiger partial charge in [0, 0.05) is 17.1 Å². The van der Waals surface area contributed by atoms with Gasteiger partial charge in [-0.05, 0) is 29.1 Å². The van der Waals surface area contributed by atoms with E-state index < -0.39 is 0 Å². The number of nitrogens with zero attached hydrogens (tertiary/aromatic N) is 2. The highest BCUT2D eigenvalue weighted by molar-refractivity contribution is 7.08. The largest absolute Gasteiger partial charge is 0.396 e. The fourth-order valence-corrected chi connectivity index (χ4v) is 2.56. The van der Waals surface area contributed by atoms with Gasteiger partial charge in [0.25, 0.3) is 0 Å². The molecule has 0 unspecified atom stereocenters. The average Bonchev–Trinajstić information content (AvgIpc) is 3.01. The van der Waals surface area contributed by atoms with E-state index in [0.29, 0.717) is 12.2 Å². The molecular weight excluding hydrogens is 261 g/mol. The van der Waals surface area contributed by atoms with Crippen molar-refractivity contribution in [2.75, 3.05) is 5.73 Å². The van der Waals surface area contributed by atoms with Crippen LogP contribution in [0.15, 0.2) is 47.3 Å². The Bertz CT molecular complexity index is 671. The first-order valence-electron chi connectivity index (χ1n) is 5.82. The molecule has 3 nitrogen and oxygen atoms in total. The molecule has 0 bridgehead atoms. The van der Waals surface area contributed by atoms with Crippen molar-refractivity contribution in [3.63, 3.8) is 0 Å². The van der Waals surface area contributed by atoms with Crippen molar-refractivity contribution in [3.05, 3.63) is 58.7 Å². The molecular formula is C14H12FN3S. The third-order valence-electron chi connectivity index (χ3n) is 2.84. The summed E-state index contributed by atoms with van der Waals surface area (Å²) in [6.45, 7) is 0.578. The third kappa shape index (κ3) is 2.51. The third-order valence-corrected chi connectivity index (χ3v) is 3.53. The van der Waals surface area contributed by atoms with Crippen LogP contribution >= 0.6 is 11.3 Å². The predicted molar refractivity (Wildman–Crippen MR) is 75.5 cm³/mol. The van der Waals surface area contributed by atoms with Crippen LogP contribution in [0.4, 0.5) is 10.1 Å². The highest BCUT2D eigenvalue weighted by Crippen LogP contribution is 2.26. The van der Waals surface area contributed by atoms with Gasteiger partial charge in [0.1, 0.15) is 11.5 Å². The fraction of sp³-hybridized carbons (Fsp3) is 0.0714. The lowest BCUT2D eigenvalue weighted by Gasteiger charge is -2.01. The maximum Gasteiger partial charge on any atom is 0.123 e. The lowest BCUT2D eigenvalue weighted by Crippen LogP contribution is -2.00. The van der Waals surface area contributed by atoms with Crippen LogP contribution in [0, 0.1) is 5.82 Å². The Hall–Kier alpha value is -2.14. The molecule has 0 saturated heterocycles. The van der Waals surface area contributed by atoms with E-state index in [1.165, 1.54) is 12.1 Å². The predicted octanol–water partition coefficient (Wildman–Crippen LogP) is 3.38. The normalized spacial score (nSPS) is 10.8. The van der Waals surface area contributed by atoms with Gasteiger partial charge in [0.15, 0.2) is 0 Å². The van der Waals surface area contributed by atoms with Crippen LogP contribution in [-0.4, -0.2) is 9.78 Å². The number of thiophene rings is 1. The summed E-state index contributed by atoms with van der Waals surface area (Å²) < 4.78 is 14.6. The molecule has 0 radical (unpaired) electrons. The van der Waals surface area contributed by atoms with Gasteiger partial charge in [-0.2, -0.15) is 16.4 Å². The molecule has 0 atom stereocenters.